The molecular formula is C12H11BrFNS. The van der Waals surface area contributed by atoms with Gasteiger partial charge in [-0.15, -0.1) is 11.3 Å². The molecule has 1 aromatic heterocycles. The highest BCUT2D eigenvalue weighted by atomic mass is 79.9. The Labute approximate surface area is 106 Å². The molecule has 0 radical (unpaired) electrons. The average Bonchev–Trinajstić information content (AvgIpc) is 2.78. The molecule has 0 amide bonds. The van der Waals surface area contributed by atoms with E-state index >= 15 is 0 Å². The number of rotatable bonds is 3. The summed E-state index contributed by atoms with van der Waals surface area (Å²) in [7, 11) is 1.88. The Morgan fingerprint density at radius 2 is 2.19 bits per heavy atom. The molecule has 0 aliphatic carbocycles. The van der Waals surface area contributed by atoms with Gasteiger partial charge in [0.2, 0.25) is 0 Å². The molecule has 84 valence electrons. The Balaban J connectivity index is 2.37. The van der Waals surface area contributed by atoms with Crippen LogP contribution in [0.3, 0.4) is 0 Å². The first-order valence-corrected chi connectivity index (χ1v) is 6.55. The van der Waals surface area contributed by atoms with E-state index in [2.05, 4.69) is 21.2 Å². The van der Waals surface area contributed by atoms with Crippen LogP contribution in [0.5, 0.6) is 0 Å². The molecule has 1 nitrogen and oxygen atoms in total. The molecule has 2 rings (SSSR count). The van der Waals surface area contributed by atoms with Gasteiger partial charge in [0.05, 0.1) is 10.5 Å². The van der Waals surface area contributed by atoms with Gasteiger partial charge in [-0.25, -0.2) is 4.39 Å². The fourth-order valence-electron chi connectivity index (χ4n) is 1.62. The van der Waals surface area contributed by atoms with Crippen molar-refractivity contribution in [1.29, 1.82) is 0 Å². The van der Waals surface area contributed by atoms with Crippen molar-refractivity contribution in [3.05, 3.63) is 56.4 Å². The van der Waals surface area contributed by atoms with Crippen molar-refractivity contribution < 1.29 is 4.39 Å². The molecule has 0 spiro atoms. The lowest BCUT2D eigenvalue weighted by Crippen LogP contribution is -2.16. The van der Waals surface area contributed by atoms with Crippen LogP contribution in [0.2, 0.25) is 0 Å². The summed E-state index contributed by atoms with van der Waals surface area (Å²) in [6.07, 6.45) is 0. The molecule has 4 heteroatoms. The number of halogens is 2. The first-order valence-electron chi connectivity index (χ1n) is 4.88. The van der Waals surface area contributed by atoms with Gasteiger partial charge in [-0.1, -0.05) is 12.1 Å². The predicted octanol–water partition coefficient (Wildman–Crippen LogP) is 3.96. The van der Waals surface area contributed by atoms with Gasteiger partial charge >= 0.3 is 0 Å². The van der Waals surface area contributed by atoms with E-state index in [1.165, 1.54) is 4.88 Å². The number of benzene rings is 1. The van der Waals surface area contributed by atoms with Gasteiger partial charge in [0.15, 0.2) is 0 Å². The second-order valence-corrected chi connectivity index (χ2v) is 5.24. The molecule has 1 unspecified atom stereocenters. The van der Waals surface area contributed by atoms with Gasteiger partial charge < -0.3 is 5.32 Å². The maximum absolute atomic E-state index is 13.4. The normalized spacial score (nSPS) is 12.7. The fourth-order valence-corrected chi connectivity index (χ4v) is 2.73. The van der Waals surface area contributed by atoms with E-state index in [0.29, 0.717) is 4.47 Å². The van der Waals surface area contributed by atoms with Gasteiger partial charge in [-0.05, 0) is 52.1 Å². The summed E-state index contributed by atoms with van der Waals surface area (Å²) < 4.78 is 13.9. The van der Waals surface area contributed by atoms with Crippen LogP contribution in [0.25, 0.3) is 0 Å². The quantitative estimate of drug-likeness (QED) is 0.905. The van der Waals surface area contributed by atoms with Gasteiger partial charge in [-0.2, -0.15) is 0 Å². The van der Waals surface area contributed by atoms with Gasteiger partial charge in [0.1, 0.15) is 5.82 Å². The molecule has 1 N–H and O–H groups in total. The third-order valence-corrected chi connectivity index (χ3v) is 3.97. The van der Waals surface area contributed by atoms with Crippen molar-refractivity contribution in [1.82, 2.24) is 5.32 Å². The van der Waals surface area contributed by atoms with Gasteiger partial charge in [0.25, 0.3) is 0 Å². The molecule has 0 fully saturated rings. The van der Waals surface area contributed by atoms with E-state index in [0.717, 1.165) is 5.56 Å². The fraction of sp³-hybridized carbons (Fsp3) is 0.167. The smallest absolute Gasteiger partial charge is 0.137 e. The van der Waals surface area contributed by atoms with Crippen molar-refractivity contribution in [3.63, 3.8) is 0 Å². The molecular weight excluding hydrogens is 289 g/mol. The monoisotopic (exact) mass is 299 g/mol. The summed E-state index contributed by atoms with van der Waals surface area (Å²) in [5.41, 5.74) is 0.936. The number of hydrogen-bond acceptors (Lipinski definition) is 2. The highest BCUT2D eigenvalue weighted by molar-refractivity contribution is 9.10. The zero-order valence-corrected chi connectivity index (χ0v) is 11.1. The summed E-state index contributed by atoms with van der Waals surface area (Å²) in [5.74, 6) is -0.227. The van der Waals surface area contributed by atoms with E-state index in [-0.39, 0.29) is 11.9 Å². The zero-order chi connectivity index (χ0) is 11.5. The van der Waals surface area contributed by atoms with Crippen LogP contribution < -0.4 is 5.32 Å². The average molecular weight is 300 g/mol. The van der Waals surface area contributed by atoms with Crippen LogP contribution in [-0.2, 0) is 0 Å². The summed E-state index contributed by atoms with van der Waals surface area (Å²) in [6.45, 7) is 0. The second kappa shape index (κ2) is 5.08. The molecule has 1 atom stereocenters. The SMILES string of the molecule is CNC(c1ccc(Br)c(F)c1)c1cccs1. The highest BCUT2D eigenvalue weighted by Gasteiger charge is 2.14. The maximum atomic E-state index is 13.4. The molecule has 0 aliphatic rings. The third-order valence-electron chi connectivity index (χ3n) is 2.39. The van der Waals surface area contributed by atoms with Crippen molar-refractivity contribution in [2.75, 3.05) is 7.05 Å². The maximum Gasteiger partial charge on any atom is 0.137 e. The van der Waals surface area contributed by atoms with Crippen LogP contribution >= 0.6 is 27.3 Å². The molecule has 0 saturated heterocycles. The lowest BCUT2D eigenvalue weighted by atomic mass is 10.1. The van der Waals surface area contributed by atoms with Crippen LogP contribution in [0.15, 0.2) is 40.2 Å². The van der Waals surface area contributed by atoms with E-state index in [9.17, 15) is 4.39 Å². The Hall–Kier alpha value is -0.710. The summed E-state index contributed by atoms with van der Waals surface area (Å²) in [4.78, 5) is 1.18. The van der Waals surface area contributed by atoms with Crippen molar-refractivity contribution in [3.8, 4) is 0 Å². The molecule has 0 bridgehead atoms. The largest absolute Gasteiger partial charge is 0.309 e. The zero-order valence-electron chi connectivity index (χ0n) is 8.71. The van der Waals surface area contributed by atoms with Crippen molar-refractivity contribution in [2.24, 2.45) is 0 Å². The Morgan fingerprint density at radius 3 is 2.75 bits per heavy atom. The van der Waals surface area contributed by atoms with Crippen LogP contribution in [0.4, 0.5) is 4.39 Å². The Bertz CT molecular complexity index is 470. The van der Waals surface area contributed by atoms with Crippen molar-refractivity contribution in [2.45, 2.75) is 6.04 Å². The Morgan fingerprint density at radius 1 is 1.38 bits per heavy atom. The molecule has 1 heterocycles. The minimum atomic E-state index is -0.227. The van der Waals surface area contributed by atoms with E-state index in [1.807, 2.05) is 30.6 Å². The number of hydrogen-bond donors (Lipinski definition) is 1. The van der Waals surface area contributed by atoms with E-state index in [4.69, 9.17) is 0 Å². The molecule has 2 aromatic rings. The van der Waals surface area contributed by atoms with E-state index in [1.54, 1.807) is 23.5 Å². The summed E-state index contributed by atoms with van der Waals surface area (Å²) >= 11 is 4.82. The van der Waals surface area contributed by atoms with Crippen LogP contribution in [0.1, 0.15) is 16.5 Å². The third kappa shape index (κ3) is 2.34. The second-order valence-electron chi connectivity index (χ2n) is 3.41. The number of nitrogens with one attached hydrogen (secondary N) is 1. The first-order chi connectivity index (χ1) is 7.72. The van der Waals surface area contributed by atoms with Gasteiger partial charge in [0, 0.05) is 4.88 Å². The molecule has 0 saturated carbocycles. The van der Waals surface area contributed by atoms with Crippen LogP contribution in [-0.4, -0.2) is 7.05 Å². The number of thiophene rings is 1. The van der Waals surface area contributed by atoms with Crippen LogP contribution in [0, 0.1) is 5.82 Å². The standard InChI is InChI=1S/C12H11BrFNS/c1-15-12(11-3-2-6-16-11)8-4-5-9(13)10(14)7-8/h2-7,12,15H,1H3. The van der Waals surface area contributed by atoms with Crippen molar-refractivity contribution >= 4 is 27.3 Å². The van der Waals surface area contributed by atoms with Gasteiger partial charge in [-0.3, -0.25) is 0 Å². The summed E-state index contributed by atoms with van der Waals surface area (Å²) in [6, 6.07) is 9.33. The minimum absolute atomic E-state index is 0.0580. The predicted molar refractivity (Wildman–Crippen MR) is 69.3 cm³/mol. The minimum Gasteiger partial charge on any atom is -0.309 e. The molecule has 1 aromatic carbocycles. The first kappa shape index (κ1) is 11.8. The lowest BCUT2D eigenvalue weighted by molar-refractivity contribution is 0.611. The summed E-state index contributed by atoms with van der Waals surface area (Å²) in [5, 5.41) is 5.22. The topological polar surface area (TPSA) is 12.0 Å². The Kier molecular flexibility index (Phi) is 3.74. The lowest BCUT2D eigenvalue weighted by Gasteiger charge is -2.15. The highest BCUT2D eigenvalue weighted by Crippen LogP contribution is 2.27. The molecule has 16 heavy (non-hydrogen) atoms. The molecule has 0 aliphatic heterocycles. The van der Waals surface area contributed by atoms with E-state index < -0.39 is 0 Å².